The molecule has 7 nitrogen and oxygen atoms in total. The van der Waals surface area contributed by atoms with E-state index in [9.17, 15) is 23.1 Å². The summed E-state index contributed by atoms with van der Waals surface area (Å²) in [6.07, 6.45) is 2.69. The molecular weight excluding hydrogens is 547 g/mol. The number of carbonyl (C=O) groups excluding carboxylic acids is 2. The summed E-state index contributed by atoms with van der Waals surface area (Å²) < 4.78 is 27.6. The number of hydrogen-bond donors (Lipinski definition) is 2. The van der Waals surface area contributed by atoms with Gasteiger partial charge >= 0.3 is 0 Å². The van der Waals surface area contributed by atoms with Gasteiger partial charge in [0.1, 0.15) is 6.29 Å². The monoisotopic (exact) mass is 580 g/mol. The van der Waals surface area contributed by atoms with Crippen molar-refractivity contribution in [1.29, 1.82) is 0 Å². The molecule has 2 aliphatic rings. The SMILES string of the molecule is CCS(=O)(=O)NC[C@H](C1CC1)N1C(=O)[C@@](C)(C(C=O)CO)CC(c2cccc(Cl)c2)C1c1ccc(Cl)cc1. The van der Waals surface area contributed by atoms with Gasteiger partial charge in [0.25, 0.3) is 0 Å². The normalized spacial score (nSPS) is 25.7. The Labute approximate surface area is 234 Å². The van der Waals surface area contributed by atoms with Gasteiger partial charge in [0.05, 0.1) is 29.7 Å². The number of likely N-dealkylation sites (tertiary alicyclic amines) is 1. The van der Waals surface area contributed by atoms with Crippen LogP contribution in [0.1, 0.15) is 56.2 Å². The van der Waals surface area contributed by atoms with Crippen molar-refractivity contribution in [2.45, 2.75) is 51.1 Å². The molecule has 1 saturated heterocycles. The number of hydrogen-bond acceptors (Lipinski definition) is 5. The lowest BCUT2D eigenvalue weighted by Gasteiger charge is -2.53. The average Bonchev–Trinajstić information content (AvgIpc) is 3.73. The van der Waals surface area contributed by atoms with Crippen LogP contribution in [0.15, 0.2) is 48.5 Å². The zero-order chi connectivity index (χ0) is 27.7. The number of sulfonamides is 1. The second-order valence-electron chi connectivity index (χ2n) is 10.6. The van der Waals surface area contributed by atoms with Crippen LogP contribution in [0.25, 0.3) is 0 Å². The number of rotatable bonds is 11. The molecule has 0 aromatic heterocycles. The molecule has 5 atom stereocenters. The van der Waals surface area contributed by atoms with E-state index in [-0.39, 0.29) is 30.0 Å². The van der Waals surface area contributed by atoms with Crippen LogP contribution < -0.4 is 4.72 Å². The third kappa shape index (κ3) is 5.94. The molecule has 2 aromatic carbocycles. The van der Waals surface area contributed by atoms with Gasteiger partial charge in [0.15, 0.2) is 0 Å². The highest BCUT2D eigenvalue weighted by Gasteiger charge is 2.56. The zero-order valence-corrected chi connectivity index (χ0v) is 23.8. The number of aldehydes is 1. The second kappa shape index (κ2) is 11.6. The Bertz CT molecular complexity index is 1270. The van der Waals surface area contributed by atoms with Crippen molar-refractivity contribution in [2.75, 3.05) is 18.9 Å². The summed E-state index contributed by atoms with van der Waals surface area (Å²) in [6, 6.07) is 13.9. The average molecular weight is 582 g/mol. The van der Waals surface area contributed by atoms with Crippen LogP contribution in [-0.4, -0.2) is 55.6 Å². The fourth-order valence-corrected chi connectivity index (χ4v) is 6.66. The fourth-order valence-electron chi connectivity index (χ4n) is 5.71. The van der Waals surface area contributed by atoms with E-state index in [1.807, 2.05) is 30.3 Å². The number of piperidine rings is 1. The van der Waals surface area contributed by atoms with E-state index in [1.54, 1.807) is 36.9 Å². The predicted molar refractivity (Wildman–Crippen MR) is 149 cm³/mol. The van der Waals surface area contributed by atoms with Gasteiger partial charge in [0, 0.05) is 28.5 Å². The maximum absolute atomic E-state index is 14.5. The lowest BCUT2D eigenvalue weighted by Crippen LogP contribution is -2.60. The third-order valence-corrected chi connectivity index (χ3v) is 9.99. The molecule has 4 rings (SSSR count). The lowest BCUT2D eigenvalue weighted by molar-refractivity contribution is -0.162. The Balaban J connectivity index is 1.91. The molecule has 206 valence electrons. The van der Waals surface area contributed by atoms with Crippen molar-refractivity contribution in [3.05, 3.63) is 69.7 Å². The molecule has 0 radical (unpaired) electrons. The first-order valence-corrected chi connectivity index (χ1v) is 15.3. The maximum Gasteiger partial charge on any atom is 0.230 e. The molecule has 2 aromatic rings. The van der Waals surface area contributed by atoms with Crippen molar-refractivity contribution < 1.29 is 23.1 Å². The number of nitrogens with zero attached hydrogens (tertiary/aromatic N) is 1. The minimum Gasteiger partial charge on any atom is -0.396 e. The Morgan fingerprint density at radius 3 is 2.37 bits per heavy atom. The summed E-state index contributed by atoms with van der Waals surface area (Å²) in [5.74, 6) is -1.43. The van der Waals surface area contributed by atoms with Crippen molar-refractivity contribution in [2.24, 2.45) is 17.3 Å². The van der Waals surface area contributed by atoms with Crippen LogP contribution in [0.5, 0.6) is 0 Å². The number of aliphatic hydroxyl groups is 1. The van der Waals surface area contributed by atoms with Gasteiger partial charge in [-0.3, -0.25) is 4.79 Å². The predicted octanol–water partition coefficient (Wildman–Crippen LogP) is 4.58. The number of carbonyl (C=O) groups is 2. The Morgan fingerprint density at radius 2 is 1.82 bits per heavy atom. The van der Waals surface area contributed by atoms with E-state index in [1.165, 1.54) is 0 Å². The molecule has 1 heterocycles. The van der Waals surface area contributed by atoms with Crippen LogP contribution >= 0.6 is 23.2 Å². The Morgan fingerprint density at radius 1 is 1.13 bits per heavy atom. The number of halogens is 2. The molecule has 38 heavy (non-hydrogen) atoms. The van der Waals surface area contributed by atoms with Gasteiger partial charge in [-0.2, -0.15) is 0 Å². The highest BCUT2D eigenvalue weighted by Crippen LogP contribution is 2.54. The summed E-state index contributed by atoms with van der Waals surface area (Å²) in [5, 5.41) is 11.2. The molecule has 1 saturated carbocycles. The third-order valence-electron chi connectivity index (χ3n) is 8.13. The molecule has 3 unspecified atom stereocenters. The van der Waals surface area contributed by atoms with E-state index in [2.05, 4.69) is 4.72 Å². The van der Waals surface area contributed by atoms with E-state index in [0.717, 1.165) is 24.0 Å². The molecule has 1 amide bonds. The first kappa shape index (κ1) is 29.0. The Hall–Kier alpha value is -1.97. The quantitative estimate of drug-likeness (QED) is 0.378. The molecule has 1 aliphatic heterocycles. The van der Waals surface area contributed by atoms with Crippen molar-refractivity contribution >= 4 is 45.4 Å². The molecular formula is C28H34Cl2N2O5S. The second-order valence-corrected chi connectivity index (χ2v) is 13.5. The topological polar surface area (TPSA) is 104 Å². The molecule has 2 fully saturated rings. The summed E-state index contributed by atoms with van der Waals surface area (Å²) in [4.78, 5) is 28.4. The molecule has 2 N–H and O–H groups in total. The van der Waals surface area contributed by atoms with Gasteiger partial charge in [-0.25, -0.2) is 13.1 Å². The summed E-state index contributed by atoms with van der Waals surface area (Å²) >= 11 is 12.6. The number of amides is 1. The van der Waals surface area contributed by atoms with Crippen molar-refractivity contribution in [3.8, 4) is 0 Å². The summed E-state index contributed by atoms with van der Waals surface area (Å²) in [6.45, 7) is 2.90. The lowest BCUT2D eigenvalue weighted by atomic mass is 9.63. The molecule has 0 bridgehead atoms. The van der Waals surface area contributed by atoms with Gasteiger partial charge in [-0.05, 0) is 74.4 Å². The Kier molecular flexibility index (Phi) is 8.89. The highest BCUT2D eigenvalue weighted by molar-refractivity contribution is 7.89. The zero-order valence-electron chi connectivity index (χ0n) is 21.5. The smallest absolute Gasteiger partial charge is 0.230 e. The number of benzene rings is 2. The van der Waals surface area contributed by atoms with Crippen LogP contribution in [-0.2, 0) is 19.6 Å². The highest BCUT2D eigenvalue weighted by atomic mass is 35.5. The van der Waals surface area contributed by atoms with Crippen molar-refractivity contribution in [1.82, 2.24) is 9.62 Å². The van der Waals surface area contributed by atoms with Crippen LogP contribution in [0, 0.1) is 17.3 Å². The first-order valence-electron chi connectivity index (χ1n) is 12.9. The largest absolute Gasteiger partial charge is 0.396 e. The first-order chi connectivity index (χ1) is 18.0. The van der Waals surface area contributed by atoms with Crippen molar-refractivity contribution in [3.63, 3.8) is 0 Å². The maximum atomic E-state index is 14.5. The molecule has 1 aliphatic carbocycles. The molecule has 0 spiro atoms. The van der Waals surface area contributed by atoms with Crippen LogP contribution in [0.2, 0.25) is 10.0 Å². The standard InChI is InChI=1S/C28H34Cl2N2O5S/c1-3-38(36,37)31-15-25(18-7-8-18)32-26(19-9-11-22(29)12-10-19)24(20-5-4-6-23(30)13-20)14-28(2,27(32)35)21(16-33)17-34/h4-6,9-13,16,18,21,24-26,31,34H,3,7-8,14-15,17H2,1-2H3/t21?,24?,25-,26?,28-/m1/s1. The van der Waals surface area contributed by atoms with Gasteiger partial charge < -0.3 is 14.8 Å². The minimum absolute atomic E-state index is 0.0693. The van der Waals surface area contributed by atoms with Gasteiger partial charge in [-0.15, -0.1) is 0 Å². The molecule has 10 heteroatoms. The van der Waals surface area contributed by atoms with E-state index >= 15 is 0 Å². The van der Waals surface area contributed by atoms with Gasteiger partial charge in [-0.1, -0.05) is 47.5 Å². The summed E-state index contributed by atoms with van der Waals surface area (Å²) in [5.41, 5.74) is 0.543. The fraction of sp³-hybridized carbons (Fsp3) is 0.500. The van der Waals surface area contributed by atoms with E-state index in [4.69, 9.17) is 23.2 Å². The number of aliphatic hydroxyl groups excluding tert-OH is 1. The van der Waals surface area contributed by atoms with E-state index in [0.29, 0.717) is 22.8 Å². The van der Waals surface area contributed by atoms with Crippen LogP contribution in [0.3, 0.4) is 0 Å². The number of nitrogens with one attached hydrogen (secondary N) is 1. The summed E-state index contributed by atoms with van der Waals surface area (Å²) in [7, 11) is -3.51. The van der Waals surface area contributed by atoms with Gasteiger partial charge in [0.2, 0.25) is 15.9 Å². The van der Waals surface area contributed by atoms with E-state index < -0.39 is 40.0 Å². The van der Waals surface area contributed by atoms with Crippen LogP contribution in [0.4, 0.5) is 0 Å². The minimum atomic E-state index is -3.51.